The van der Waals surface area contributed by atoms with E-state index in [9.17, 15) is 0 Å². The highest BCUT2D eigenvalue weighted by Gasteiger charge is 2.19. The van der Waals surface area contributed by atoms with E-state index < -0.39 is 0 Å². The zero-order valence-electron chi connectivity index (χ0n) is 10.1. The Morgan fingerprint density at radius 2 is 2.25 bits per heavy atom. The van der Waals surface area contributed by atoms with Gasteiger partial charge in [0.15, 0.2) is 0 Å². The molecule has 0 amide bonds. The van der Waals surface area contributed by atoms with Gasteiger partial charge in [-0.25, -0.2) is 0 Å². The summed E-state index contributed by atoms with van der Waals surface area (Å²) in [5.41, 5.74) is 1.24. The van der Waals surface area contributed by atoms with Crippen molar-refractivity contribution in [2.75, 3.05) is 6.54 Å². The van der Waals surface area contributed by atoms with E-state index in [-0.39, 0.29) is 6.10 Å². The average molecular weight is 220 g/mol. The molecule has 1 aromatic rings. The second-order valence-electron chi connectivity index (χ2n) is 4.67. The van der Waals surface area contributed by atoms with Gasteiger partial charge in [-0.05, 0) is 51.3 Å². The molecular weight excluding hydrogens is 200 g/mol. The molecule has 0 radical (unpaired) electrons. The molecule has 0 saturated heterocycles. The Labute approximate surface area is 97.2 Å². The number of ether oxygens (including phenoxy) is 1. The normalized spacial score (nSPS) is 15.4. The van der Waals surface area contributed by atoms with Crippen LogP contribution in [-0.2, 0) is 6.42 Å². The minimum atomic E-state index is 0.210. The zero-order valence-corrected chi connectivity index (χ0v) is 10.1. The highest BCUT2D eigenvalue weighted by molar-refractivity contribution is 5.24. The van der Waals surface area contributed by atoms with Crippen molar-refractivity contribution in [3.8, 4) is 5.75 Å². The van der Waals surface area contributed by atoms with Crippen LogP contribution in [0.2, 0.25) is 0 Å². The summed E-state index contributed by atoms with van der Waals surface area (Å²) in [7, 11) is 0. The lowest BCUT2D eigenvalue weighted by Gasteiger charge is -2.10. The van der Waals surface area contributed by atoms with Crippen molar-refractivity contribution < 1.29 is 4.74 Å². The van der Waals surface area contributed by atoms with Crippen molar-refractivity contribution in [2.45, 2.75) is 45.3 Å². The first kappa shape index (κ1) is 11.4. The molecule has 1 heterocycles. The van der Waals surface area contributed by atoms with Crippen LogP contribution < -0.4 is 10.1 Å². The first-order valence-electron chi connectivity index (χ1n) is 6.08. The van der Waals surface area contributed by atoms with Crippen molar-refractivity contribution >= 4 is 0 Å². The van der Waals surface area contributed by atoms with Crippen molar-refractivity contribution in [2.24, 2.45) is 0 Å². The molecule has 1 aliphatic rings. The molecule has 0 bridgehead atoms. The first-order chi connectivity index (χ1) is 7.74. The SMILES string of the molecule is CC(C)Oc1cncc(CCNC2CC2)c1. The summed E-state index contributed by atoms with van der Waals surface area (Å²) in [6.45, 7) is 5.10. The predicted octanol–water partition coefficient (Wildman–Crippen LogP) is 2.16. The van der Waals surface area contributed by atoms with Gasteiger partial charge in [-0.2, -0.15) is 0 Å². The van der Waals surface area contributed by atoms with E-state index in [1.807, 2.05) is 20.0 Å². The van der Waals surface area contributed by atoms with E-state index in [0.717, 1.165) is 24.8 Å². The molecule has 0 unspecified atom stereocenters. The molecule has 1 saturated carbocycles. The number of aromatic nitrogens is 1. The molecule has 0 atom stereocenters. The third-order valence-electron chi connectivity index (χ3n) is 2.57. The second-order valence-corrected chi connectivity index (χ2v) is 4.67. The standard InChI is InChI=1S/C13H20N2O/c1-10(2)16-13-7-11(8-14-9-13)5-6-15-12-3-4-12/h7-10,12,15H,3-6H2,1-2H3. The van der Waals surface area contributed by atoms with Gasteiger partial charge in [0.1, 0.15) is 5.75 Å². The summed E-state index contributed by atoms with van der Waals surface area (Å²) in [4.78, 5) is 4.20. The quantitative estimate of drug-likeness (QED) is 0.797. The van der Waals surface area contributed by atoms with Gasteiger partial charge in [0.05, 0.1) is 12.3 Å². The summed E-state index contributed by atoms with van der Waals surface area (Å²) >= 11 is 0. The van der Waals surface area contributed by atoms with Crippen LogP contribution in [0.15, 0.2) is 18.5 Å². The van der Waals surface area contributed by atoms with Gasteiger partial charge in [0.25, 0.3) is 0 Å². The Balaban J connectivity index is 1.82. The number of hydrogen-bond donors (Lipinski definition) is 1. The van der Waals surface area contributed by atoms with E-state index in [1.54, 1.807) is 6.20 Å². The van der Waals surface area contributed by atoms with Gasteiger partial charge in [0, 0.05) is 12.2 Å². The van der Waals surface area contributed by atoms with Crippen molar-refractivity contribution in [3.05, 3.63) is 24.0 Å². The molecule has 3 nitrogen and oxygen atoms in total. The number of nitrogens with zero attached hydrogens (tertiary/aromatic N) is 1. The predicted molar refractivity (Wildman–Crippen MR) is 64.7 cm³/mol. The maximum Gasteiger partial charge on any atom is 0.138 e. The molecule has 1 aliphatic carbocycles. The molecule has 0 aromatic carbocycles. The monoisotopic (exact) mass is 220 g/mol. The van der Waals surface area contributed by atoms with E-state index >= 15 is 0 Å². The Morgan fingerprint density at radius 3 is 2.94 bits per heavy atom. The summed E-state index contributed by atoms with van der Waals surface area (Å²) in [6.07, 6.45) is 7.61. The third-order valence-corrected chi connectivity index (χ3v) is 2.57. The smallest absolute Gasteiger partial charge is 0.138 e. The van der Waals surface area contributed by atoms with Crippen LogP contribution in [0.4, 0.5) is 0 Å². The lowest BCUT2D eigenvalue weighted by Crippen LogP contribution is -2.19. The second kappa shape index (κ2) is 5.30. The Hall–Kier alpha value is -1.09. The van der Waals surface area contributed by atoms with Gasteiger partial charge in [-0.3, -0.25) is 4.98 Å². The van der Waals surface area contributed by atoms with Crippen LogP contribution >= 0.6 is 0 Å². The molecule has 2 rings (SSSR count). The lowest BCUT2D eigenvalue weighted by molar-refractivity contribution is 0.241. The molecule has 88 valence electrons. The summed E-state index contributed by atoms with van der Waals surface area (Å²) in [5, 5.41) is 3.50. The van der Waals surface area contributed by atoms with Crippen LogP contribution in [-0.4, -0.2) is 23.7 Å². The van der Waals surface area contributed by atoms with Crippen LogP contribution in [0.5, 0.6) is 5.75 Å². The molecule has 0 spiro atoms. The van der Waals surface area contributed by atoms with Gasteiger partial charge in [0.2, 0.25) is 0 Å². The van der Waals surface area contributed by atoms with Crippen LogP contribution in [0.25, 0.3) is 0 Å². The number of nitrogens with one attached hydrogen (secondary N) is 1. The van der Waals surface area contributed by atoms with Crippen LogP contribution in [0.3, 0.4) is 0 Å². The molecule has 1 N–H and O–H groups in total. The van der Waals surface area contributed by atoms with Crippen LogP contribution in [0, 0.1) is 0 Å². The highest BCUT2D eigenvalue weighted by atomic mass is 16.5. The fraction of sp³-hybridized carbons (Fsp3) is 0.615. The topological polar surface area (TPSA) is 34.1 Å². The third kappa shape index (κ3) is 3.81. The zero-order chi connectivity index (χ0) is 11.4. The fourth-order valence-corrected chi connectivity index (χ4v) is 1.65. The Kier molecular flexibility index (Phi) is 3.78. The Bertz CT molecular complexity index is 334. The summed E-state index contributed by atoms with van der Waals surface area (Å²) in [6, 6.07) is 2.87. The maximum atomic E-state index is 5.61. The van der Waals surface area contributed by atoms with Gasteiger partial charge < -0.3 is 10.1 Å². The van der Waals surface area contributed by atoms with Gasteiger partial charge in [-0.15, -0.1) is 0 Å². The molecule has 1 aromatic heterocycles. The molecule has 0 aliphatic heterocycles. The van der Waals surface area contributed by atoms with Crippen molar-refractivity contribution in [3.63, 3.8) is 0 Å². The molecular formula is C13H20N2O. The average Bonchev–Trinajstić information content (AvgIpc) is 3.01. The maximum absolute atomic E-state index is 5.61. The fourth-order valence-electron chi connectivity index (χ4n) is 1.65. The number of rotatable bonds is 6. The highest BCUT2D eigenvalue weighted by Crippen LogP contribution is 2.18. The minimum Gasteiger partial charge on any atom is -0.489 e. The molecule has 3 heteroatoms. The van der Waals surface area contributed by atoms with Crippen molar-refractivity contribution in [1.82, 2.24) is 10.3 Å². The number of pyridine rings is 1. The molecule has 1 fully saturated rings. The number of hydrogen-bond acceptors (Lipinski definition) is 3. The van der Waals surface area contributed by atoms with Gasteiger partial charge in [-0.1, -0.05) is 0 Å². The van der Waals surface area contributed by atoms with E-state index in [0.29, 0.717) is 0 Å². The van der Waals surface area contributed by atoms with E-state index in [4.69, 9.17) is 4.74 Å². The summed E-state index contributed by atoms with van der Waals surface area (Å²) < 4.78 is 5.61. The van der Waals surface area contributed by atoms with E-state index in [2.05, 4.69) is 16.4 Å². The van der Waals surface area contributed by atoms with Crippen molar-refractivity contribution in [1.29, 1.82) is 0 Å². The van der Waals surface area contributed by atoms with E-state index in [1.165, 1.54) is 18.4 Å². The summed E-state index contributed by atoms with van der Waals surface area (Å²) in [5.74, 6) is 0.874. The lowest BCUT2D eigenvalue weighted by atomic mass is 10.2. The largest absolute Gasteiger partial charge is 0.489 e. The van der Waals surface area contributed by atoms with Gasteiger partial charge >= 0.3 is 0 Å². The Morgan fingerprint density at radius 1 is 1.44 bits per heavy atom. The first-order valence-corrected chi connectivity index (χ1v) is 6.08. The molecule has 16 heavy (non-hydrogen) atoms. The van der Waals surface area contributed by atoms with Crippen LogP contribution in [0.1, 0.15) is 32.3 Å². The minimum absolute atomic E-state index is 0.210.